The van der Waals surface area contributed by atoms with Crippen LogP contribution in [-0.4, -0.2) is 51.8 Å². The molecule has 1 fully saturated rings. The predicted octanol–water partition coefficient (Wildman–Crippen LogP) is 3.66. The van der Waals surface area contributed by atoms with Crippen molar-refractivity contribution in [1.29, 1.82) is 0 Å². The van der Waals surface area contributed by atoms with Gasteiger partial charge in [-0.3, -0.25) is 4.79 Å². The molecule has 2 heterocycles. The van der Waals surface area contributed by atoms with Crippen molar-refractivity contribution < 1.29 is 13.7 Å². The third-order valence-corrected chi connectivity index (χ3v) is 7.96. The first-order valence-corrected chi connectivity index (χ1v) is 12.7. The molecule has 168 valence electrons. The SMILES string of the molecule is COCc1nccc(N2CCC(S(C)(=O)=NC(=O)C(c3ccccc3)C(C)C)CC2)n1. The summed E-state index contributed by atoms with van der Waals surface area (Å²) >= 11 is 0. The highest BCUT2D eigenvalue weighted by Gasteiger charge is 2.30. The average Bonchev–Trinajstić information content (AvgIpc) is 2.74. The van der Waals surface area contributed by atoms with Crippen molar-refractivity contribution in [2.24, 2.45) is 10.3 Å². The number of amides is 1. The second-order valence-electron chi connectivity index (χ2n) is 8.37. The van der Waals surface area contributed by atoms with Gasteiger partial charge < -0.3 is 9.64 Å². The highest BCUT2D eigenvalue weighted by atomic mass is 32.2. The molecule has 0 spiro atoms. The van der Waals surface area contributed by atoms with Gasteiger partial charge in [0.15, 0.2) is 5.82 Å². The summed E-state index contributed by atoms with van der Waals surface area (Å²) in [4.78, 5) is 23.9. The van der Waals surface area contributed by atoms with E-state index in [2.05, 4.69) is 19.2 Å². The number of benzene rings is 1. The Hall–Kier alpha value is -2.32. The van der Waals surface area contributed by atoms with E-state index < -0.39 is 9.73 Å². The molecule has 0 saturated carbocycles. The van der Waals surface area contributed by atoms with Crippen LogP contribution in [-0.2, 0) is 25.9 Å². The number of methoxy groups -OCH3 is 1. The summed E-state index contributed by atoms with van der Waals surface area (Å²) in [6.07, 6.45) is 4.77. The fourth-order valence-electron chi connectivity index (χ4n) is 4.07. The zero-order chi connectivity index (χ0) is 22.4. The van der Waals surface area contributed by atoms with Crippen molar-refractivity contribution in [3.8, 4) is 0 Å². The molecular weight excluding hydrogens is 412 g/mol. The molecule has 0 bridgehead atoms. The Bertz CT molecular complexity index is 995. The molecule has 8 heteroatoms. The minimum atomic E-state index is -2.65. The summed E-state index contributed by atoms with van der Waals surface area (Å²) in [5, 5.41) is -0.114. The van der Waals surface area contributed by atoms with E-state index in [1.165, 1.54) is 0 Å². The van der Waals surface area contributed by atoms with E-state index in [1.54, 1.807) is 19.6 Å². The van der Waals surface area contributed by atoms with Crippen LogP contribution in [0.1, 0.15) is 44.0 Å². The molecule has 2 unspecified atom stereocenters. The lowest BCUT2D eigenvalue weighted by Crippen LogP contribution is -2.39. The molecule has 3 rings (SSSR count). The minimum absolute atomic E-state index is 0.0785. The van der Waals surface area contributed by atoms with Gasteiger partial charge in [0.05, 0.1) is 15.6 Å². The van der Waals surface area contributed by atoms with Gasteiger partial charge in [0, 0.05) is 37.9 Å². The van der Waals surface area contributed by atoms with E-state index in [0.717, 1.165) is 24.5 Å². The van der Waals surface area contributed by atoms with E-state index in [4.69, 9.17) is 4.74 Å². The molecule has 0 aliphatic carbocycles. The average molecular weight is 445 g/mol. The van der Waals surface area contributed by atoms with Crippen molar-refractivity contribution in [2.45, 2.75) is 44.5 Å². The number of carbonyl (C=O) groups excluding carboxylic acids is 1. The Morgan fingerprint density at radius 2 is 1.90 bits per heavy atom. The van der Waals surface area contributed by atoms with Crippen LogP contribution in [0.5, 0.6) is 0 Å². The van der Waals surface area contributed by atoms with Crippen LogP contribution in [0.15, 0.2) is 47.0 Å². The highest BCUT2D eigenvalue weighted by Crippen LogP contribution is 2.28. The van der Waals surface area contributed by atoms with E-state index >= 15 is 0 Å². The van der Waals surface area contributed by atoms with Gasteiger partial charge in [-0.1, -0.05) is 44.2 Å². The van der Waals surface area contributed by atoms with Crippen molar-refractivity contribution in [2.75, 3.05) is 31.4 Å². The first-order chi connectivity index (χ1) is 14.8. The van der Waals surface area contributed by atoms with Crippen LogP contribution >= 0.6 is 0 Å². The van der Waals surface area contributed by atoms with Crippen LogP contribution in [0.25, 0.3) is 0 Å². The number of piperidine rings is 1. The molecule has 7 nitrogen and oxygen atoms in total. The summed E-state index contributed by atoms with van der Waals surface area (Å²) < 4.78 is 22.9. The molecule has 1 aliphatic rings. The van der Waals surface area contributed by atoms with Crippen LogP contribution in [0.4, 0.5) is 5.82 Å². The maximum Gasteiger partial charge on any atom is 0.261 e. The smallest absolute Gasteiger partial charge is 0.261 e. The maximum absolute atomic E-state index is 13.4. The maximum atomic E-state index is 13.4. The molecule has 1 aliphatic heterocycles. The predicted molar refractivity (Wildman–Crippen MR) is 124 cm³/mol. The first-order valence-electron chi connectivity index (χ1n) is 10.7. The number of ether oxygens (including phenoxy) is 1. The van der Waals surface area contributed by atoms with Gasteiger partial charge in [0.1, 0.15) is 12.4 Å². The summed E-state index contributed by atoms with van der Waals surface area (Å²) in [5.74, 6) is 0.913. The van der Waals surface area contributed by atoms with Crippen molar-refractivity contribution in [3.63, 3.8) is 0 Å². The zero-order valence-electron chi connectivity index (χ0n) is 18.7. The third kappa shape index (κ3) is 5.89. The van der Waals surface area contributed by atoms with E-state index in [1.807, 2.05) is 50.2 Å². The van der Waals surface area contributed by atoms with Gasteiger partial charge in [0.2, 0.25) is 0 Å². The molecule has 1 aromatic heterocycles. The number of hydrogen-bond donors (Lipinski definition) is 0. The third-order valence-electron chi connectivity index (χ3n) is 5.71. The highest BCUT2D eigenvalue weighted by molar-refractivity contribution is 7.93. The van der Waals surface area contributed by atoms with E-state index in [-0.39, 0.29) is 23.0 Å². The zero-order valence-corrected chi connectivity index (χ0v) is 19.5. The summed E-state index contributed by atoms with van der Waals surface area (Å²) in [5.41, 5.74) is 0.923. The lowest BCUT2D eigenvalue weighted by atomic mass is 9.88. The number of hydrogen-bond acceptors (Lipinski definition) is 6. The fraction of sp³-hybridized carbons (Fsp3) is 0.522. The van der Waals surface area contributed by atoms with Crippen molar-refractivity contribution in [1.82, 2.24) is 9.97 Å². The van der Waals surface area contributed by atoms with Gasteiger partial charge in [0.25, 0.3) is 5.91 Å². The molecule has 1 aromatic carbocycles. The van der Waals surface area contributed by atoms with E-state index in [9.17, 15) is 9.00 Å². The van der Waals surface area contributed by atoms with Crippen LogP contribution in [0.3, 0.4) is 0 Å². The number of nitrogens with zero attached hydrogens (tertiary/aromatic N) is 4. The van der Waals surface area contributed by atoms with Crippen LogP contribution in [0.2, 0.25) is 0 Å². The molecule has 1 amide bonds. The van der Waals surface area contributed by atoms with Crippen molar-refractivity contribution >= 4 is 21.5 Å². The summed E-state index contributed by atoms with van der Waals surface area (Å²) in [7, 11) is -1.03. The number of rotatable bonds is 7. The lowest BCUT2D eigenvalue weighted by Gasteiger charge is -2.33. The molecule has 0 N–H and O–H groups in total. The Balaban J connectivity index is 1.71. The Morgan fingerprint density at radius 1 is 1.23 bits per heavy atom. The second-order valence-corrected chi connectivity index (χ2v) is 10.9. The summed E-state index contributed by atoms with van der Waals surface area (Å²) in [6, 6.07) is 11.5. The fourth-order valence-corrected chi connectivity index (χ4v) is 5.77. The summed E-state index contributed by atoms with van der Waals surface area (Å²) in [6.45, 7) is 5.80. The molecule has 31 heavy (non-hydrogen) atoms. The Morgan fingerprint density at radius 3 is 2.52 bits per heavy atom. The molecule has 0 radical (unpaired) electrons. The van der Waals surface area contributed by atoms with Gasteiger partial charge in [-0.2, -0.15) is 4.36 Å². The quantitative estimate of drug-likeness (QED) is 0.648. The Kier molecular flexibility index (Phi) is 7.78. The molecule has 2 aromatic rings. The molecule has 2 atom stereocenters. The van der Waals surface area contributed by atoms with Gasteiger partial charge in [-0.25, -0.2) is 14.2 Å². The second kappa shape index (κ2) is 10.3. The first kappa shape index (κ1) is 23.3. The van der Waals surface area contributed by atoms with Gasteiger partial charge in [-0.15, -0.1) is 0 Å². The van der Waals surface area contributed by atoms with Crippen LogP contribution in [0, 0.1) is 5.92 Å². The largest absolute Gasteiger partial charge is 0.377 e. The molecular formula is C23H32N4O3S. The normalized spacial score (nSPS) is 17.9. The van der Waals surface area contributed by atoms with Gasteiger partial charge >= 0.3 is 0 Å². The standard InChI is InChI=1S/C23H32N4O3S/c1-17(2)22(18-8-6-5-7-9-18)23(28)26-31(4,29)19-11-14-27(15-12-19)21-10-13-24-20(25-21)16-30-3/h5-10,13,17,19,22H,11-12,14-16H2,1-4H3. The minimum Gasteiger partial charge on any atom is -0.377 e. The monoisotopic (exact) mass is 444 g/mol. The van der Waals surface area contributed by atoms with Gasteiger partial charge in [-0.05, 0) is 30.4 Å². The van der Waals surface area contributed by atoms with Crippen LogP contribution < -0.4 is 4.90 Å². The topological polar surface area (TPSA) is 84.8 Å². The number of carbonyl (C=O) groups is 1. The number of anilines is 1. The lowest BCUT2D eigenvalue weighted by molar-refractivity contribution is -0.119. The van der Waals surface area contributed by atoms with Crippen molar-refractivity contribution in [3.05, 3.63) is 54.0 Å². The Labute approximate surface area is 185 Å². The number of aromatic nitrogens is 2. The van der Waals surface area contributed by atoms with E-state index in [0.29, 0.717) is 25.3 Å². The molecule has 1 saturated heterocycles.